The van der Waals surface area contributed by atoms with E-state index in [4.69, 9.17) is 5.26 Å². The smallest absolute Gasteiger partial charge is 0.133 e. The topological polar surface area (TPSA) is 49.0 Å². The third kappa shape index (κ3) is 3.63. The van der Waals surface area contributed by atoms with E-state index in [0.717, 1.165) is 26.6 Å². The van der Waals surface area contributed by atoms with E-state index in [1.165, 1.54) is 27.4 Å². The van der Waals surface area contributed by atoms with Crippen LogP contribution in [0.3, 0.4) is 0 Å². The van der Waals surface area contributed by atoms with Crippen LogP contribution < -0.4 is 0 Å². The van der Waals surface area contributed by atoms with Gasteiger partial charge in [-0.3, -0.25) is 0 Å². The first-order chi connectivity index (χ1) is 15.0. The van der Waals surface area contributed by atoms with Crippen molar-refractivity contribution in [3.8, 4) is 22.9 Å². The fraction of sp³-hybridized carbons (Fsp3) is 0.0385. The lowest BCUT2D eigenvalue weighted by atomic mass is 10.0. The van der Waals surface area contributed by atoms with E-state index in [9.17, 15) is 5.11 Å². The summed E-state index contributed by atoms with van der Waals surface area (Å²) in [5.74, 6) is 0.00695. The van der Waals surface area contributed by atoms with Gasteiger partial charge in [-0.15, -0.1) is 0 Å². The summed E-state index contributed by atoms with van der Waals surface area (Å²) in [6.45, 7) is 0.753. The molecule has 0 bridgehead atoms. The maximum absolute atomic E-state index is 9.75. The van der Waals surface area contributed by atoms with E-state index in [0.29, 0.717) is 0 Å². The Kier molecular flexibility index (Phi) is 5.05. The van der Waals surface area contributed by atoms with E-state index < -0.39 is 0 Å². The molecule has 0 aliphatic heterocycles. The molecule has 0 unspecified atom stereocenters. The first kappa shape index (κ1) is 19.9. The molecule has 5 aromatic rings. The Labute approximate surface area is 196 Å². The molecule has 0 saturated carbocycles. The summed E-state index contributed by atoms with van der Waals surface area (Å²) >= 11 is 7.20. The lowest BCUT2D eigenvalue weighted by molar-refractivity contribution is 0.473. The average Bonchev–Trinajstić information content (AvgIpc) is 3.06. The van der Waals surface area contributed by atoms with E-state index in [1.54, 1.807) is 12.1 Å². The highest BCUT2D eigenvalue weighted by Gasteiger charge is 2.12. The predicted molar refractivity (Wildman–Crippen MR) is 132 cm³/mol. The van der Waals surface area contributed by atoms with Gasteiger partial charge < -0.3 is 9.67 Å². The first-order valence-corrected chi connectivity index (χ1v) is 11.3. The Hall–Kier alpha value is -3.07. The van der Waals surface area contributed by atoms with Crippen molar-refractivity contribution in [1.29, 1.82) is 5.26 Å². The standard InChI is InChI=1S/C26H16Br2N2O/c27-20-6-8-24-22(12-20)23-13-21(28)7-9-25(23)30(24)15-16-1-3-17(4-2-16)18-5-10-26(31)19(11-18)14-29/h1-13,31H,15H2. The van der Waals surface area contributed by atoms with E-state index in [-0.39, 0.29) is 11.3 Å². The summed E-state index contributed by atoms with van der Waals surface area (Å²) in [7, 11) is 0. The van der Waals surface area contributed by atoms with Crippen LogP contribution in [0, 0.1) is 11.3 Å². The number of fused-ring (bicyclic) bond motifs is 3. The molecular weight excluding hydrogens is 516 g/mol. The molecule has 4 aromatic carbocycles. The molecule has 0 atom stereocenters. The summed E-state index contributed by atoms with van der Waals surface area (Å²) in [4.78, 5) is 0. The van der Waals surface area contributed by atoms with Crippen LogP contribution in [0.4, 0.5) is 0 Å². The van der Waals surface area contributed by atoms with Gasteiger partial charge in [0, 0.05) is 37.3 Å². The second kappa shape index (κ2) is 7.88. The summed E-state index contributed by atoms with van der Waals surface area (Å²) in [6.07, 6.45) is 0. The molecule has 31 heavy (non-hydrogen) atoms. The quantitative estimate of drug-likeness (QED) is 0.260. The number of nitriles is 1. The van der Waals surface area contributed by atoms with Gasteiger partial charge in [0.15, 0.2) is 0 Å². The SMILES string of the molecule is N#Cc1cc(-c2ccc(Cn3c4ccc(Br)cc4c4cc(Br)ccc43)cc2)ccc1O. The minimum absolute atomic E-state index is 0.00695. The lowest BCUT2D eigenvalue weighted by Gasteiger charge is -2.10. The first-order valence-electron chi connectivity index (χ1n) is 9.73. The van der Waals surface area contributed by atoms with Gasteiger partial charge in [0.2, 0.25) is 0 Å². The van der Waals surface area contributed by atoms with Gasteiger partial charge in [-0.1, -0.05) is 62.2 Å². The highest BCUT2D eigenvalue weighted by atomic mass is 79.9. The fourth-order valence-corrected chi connectivity index (χ4v) is 4.73. The van der Waals surface area contributed by atoms with Crippen molar-refractivity contribution in [2.24, 2.45) is 0 Å². The van der Waals surface area contributed by atoms with Crippen LogP contribution in [0.25, 0.3) is 32.9 Å². The number of rotatable bonds is 3. The number of phenols is 1. The summed E-state index contributed by atoms with van der Waals surface area (Å²) in [5.41, 5.74) is 5.77. The van der Waals surface area contributed by atoms with Crippen LogP contribution in [-0.2, 0) is 6.54 Å². The summed E-state index contributed by atoms with van der Waals surface area (Å²) < 4.78 is 4.47. The average molecular weight is 532 g/mol. The van der Waals surface area contributed by atoms with Crippen molar-refractivity contribution >= 4 is 53.7 Å². The second-order valence-corrected chi connectivity index (χ2v) is 9.28. The van der Waals surface area contributed by atoms with Gasteiger partial charge in [-0.25, -0.2) is 0 Å². The van der Waals surface area contributed by atoms with Gasteiger partial charge in [-0.05, 0) is 65.2 Å². The third-order valence-electron chi connectivity index (χ3n) is 5.53. The van der Waals surface area contributed by atoms with Crippen molar-refractivity contribution in [1.82, 2.24) is 4.57 Å². The zero-order chi connectivity index (χ0) is 21.5. The molecule has 0 aliphatic rings. The minimum Gasteiger partial charge on any atom is -0.507 e. The van der Waals surface area contributed by atoms with Gasteiger partial charge in [0.1, 0.15) is 11.8 Å². The molecule has 150 valence electrons. The molecule has 5 heteroatoms. The Morgan fingerprint density at radius 2 is 1.32 bits per heavy atom. The van der Waals surface area contributed by atoms with Crippen molar-refractivity contribution in [3.05, 3.63) is 98.9 Å². The van der Waals surface area contributed by atoms with Gasteiger partial charge in [0.05, 0.1) is 5.56 Å². The third-order valence-corrected chi connectivity index (χ3v) is 6.52. The number of halogens is 2. The second-order valence-electron chi connectivity index (χ2n) is 7.45. The largest absolute Gasteiger partial charge is 0.507 e. The van der Waals surface area contributed by atoms with Crippen LogP contribution in [0.15, 0.2) is 87.8 Å². The zero-order valence-corrected chi connectivity index (χ0v) is 19.5. The molecule has 0 saturated heterocycles. The number of nitrogens with zero attached hydrogens (tertiary/aromatic N) is 2. The van der Waals surface area contributed by atoms with E-state index >= 15 is 0 Å². The van der Waals surface area contributed by atoms with E-state index in [1.807, 2.05) is 12.1 Å². The highest BCUT2D eigenvalue weighted by Crippen LogP contribution is 2.34. The summed E-state index contributed by atoms with van der Waals surface area (Å²) in [6, 6.07) is 28.3. The molecule has 0 fully saturated rings. The number of benzene rings is 4. The number of hydrogen-bond donors (Lipinski definition) is 1. The number of phenolic OH excluding ortho intramolecular Hbond substituents is 1. The molecule has 0 spiro atoms. The van der Waals surface area contributed by atoms with Gasteiger partial charge in [-0.2, -0.15) is 5.26 Å². The number of hydrogen-bond acceptors (Lipinski definition) is 2. The van der Waals surface area contributed by atoms with Gasteiger partial charge in [0.25, 0.3) is 0 Å². The predicted octanol–water partition coefficient (Wildman–Crippen LogP) is 7.61. The van der Waals surface area contributed by atoms with Crippen molar-refractivity contribution in [3.63, 3.8) is 0 Å². The zero-order valence-electron chi connectivity index (χ0n) is 16.3. The maximum Gasteiger partial charge on any atom is 0.133 e. The highest BCUT2D eigenvalue weighted by molar-refractivity contribution is 9.10. The van der Waals surface area contributed by atoms with Crippen molar-refractivity contribution < 1.29 is 5.11 Å². The summed E-state index contributed by atoms with van der Waals surface area (Å²) in [5, 5.41) is 21.3. The van der Waals surface area contributed by atoms with Crippen LogP contribution in [0.2, 0.25) is 0 Å². The van der Waals surface area contributed by atoms with Crippen LogP contribution >= 0.6 is 31.9 Å². The molecule has 0 radical (unpaired) electrons. The molecular formula is C26H16Br2N2O. The Bertz CT molecular complexity index is 1440. The van der Waals surface area contributed by atoms with Crippen LogP contribution in [-0.4, -0.2) is 9.67 Å². The fourth-order valence-electron chi connectivity index (χ4n) is 4.01. The Morgan fingerprint density at radius 3 is 1.90 bits per heavy atom. The molecule has 0 aliphatic carbocycles. The molecule has 0 amide bonds. The number of aromatic hydroxyl groups is 1. The molecule has 5 rings (SSSR count). The van der Waals surface area contributed by atoms with Crippen molar-refractivity contribution in [2.75, 3.05) is 0 Å². The molecule has 1 heterocycles. The maximum atomic E-state index is 9.75. The normalized spacial score (nSPS) is 11.1. The van der Waals surface area contributed by atoms with Crippen molar-refractivity contribution in [2.45, 2.75) is 6.54 Å². The number of aromatic nitrogens is 1. The lowest BCUT2D eigenvalue weighted by Crippen LogP contribution is -1.99. The Morgan fingerprint density at radius 1 is 0.742 bits per heavy atom. The molecule has 1 N–H and O–H groups in total. The Balaban J connectivity index is 1.55. The van der Waals surface area contributed by atoms with E-state index in [2.05, 4.69) is 97.1 Å². The molecule has 1 aromatic heterocycles. The monoisotopic (exact) mass is 530 g/mol. The van der Waals surface area contributed by atoms with Gasteiger partial charge >= 0.3 is 0 Å². The van der Waals surface area contributed by atoms with Crippen LogP contribution in [0.1, 0.15) is 11.1 Å². The minimum atomic E-state index is 0.00695. The molecule has 3 nitrogen and oxygen atoms in total. The van der Waals surface area contributed by atoms with Crippen LogP contribution in [0.5, 0.6) is 5.75 Å².